The Morgan fingerprint density at radius 2 is 1.57 bits per heavy atom. The molecule has 0 fully saturated rings. The van der Waals surface area contributed by atoms with E-state index in [0.717, 1.165) is 0 Å². The van der Waals surface area contributed by atoms with Crippen LogP contribution in [0.3, 0.4) is 0 Å². The fourth-order valence-corrected chi connectivity index (χ4v) is 0. The van der Waals surface area contributed by atoms with Crippen LogP contribution >= 0.6 is 7.94 Å². The summed E-state index contributed by atoms with van der Waals surface area (Å²) in [6, 6.07) is 0. The molecule has 0 aromatic rings. The summed E-state index contributed by atoms with van der Waals surface area (Å²) in [7, 11) is -4.60. The molecule has 0 heterocycles. The number of carbonyl (C=O) groups is 1. The summed E-state index contributed by atoms with van der Waals surface area (Å²) in [5.41, 5.74) is 2.79. The number of hydrogen-bond donors (Lipinski definition) is 4. The number of nitrogens with two attached hydrogens (primary N) is 1. The van der Waals surface area contributed by atoms with Crippen molar-refractivity contribution in [1.29, 1.82) is 0 Å². The van der Waals surface area contributed by atoms with Crippen molar-refractivity contribution in [2.45, 2.75) is 0 Å². The van der Waals surface area contributed by atoms with Crippen LogP contribution in [0.15, 0.2) is 0 Å². The van der Waals surface area contributed by atoms with Crippen LogP contribution in [0.5, 0.6) is 0 Å². The van der Waals surface area contributed by atoms with Crippen LogP contribution in [0, 0.1) is 0 Å². The molecule has 0 radical (unpaired) electrons. The predicted octanol–water partition coefficient (Wildman–Crippen LogP) is -1.46. The second-order valence-electron chi connectivity index (χ2n) is 1.000. The fourth-order valence-electron chi connectivity index (χ4n) is 0. The van der Waals surface area contributed by atoms with E-state index in [4.69, 9.17) is 14.7 Å². The Kier molecular flexibility index (Phi) is 1.66. The summed E-state index contributed by atoms with van der Waals surface area (Å²) in [5, 5.41) is 0. The molecule has 0 spiro atoms. The molecular weight excluding hydrogens is 121 g/mol. The molecule has 0 aliphatic rings. The second kappa shape index (κ2) is 1.71. The average molecular weight is 127 g/mol. The molecule has 0 atom stereocenters. The summed E-state index contributed by atoms with van der Waals surface area (Å²) in [6.45, 7) is 0. The molecule has 5 nitrogen and oxygen atoms in total. The van der Waals surface area contributed by atoms with Gasteiger partial charge >= 0.3 is 38.8 Å². The van der Waals surface area contributed by atoms with Crippen molar-refractivity contribution in [3.63, 3.8) is 0 Å². The Bertz CT molecular complexity index is 84.2. The topological polar surface area (TPSA) is 104 Å². The number of amides is 1. The van der Waals surface area contributed by atoms with E-state index >= 15 is 0 Å². The van der Waals surface area contributed by atoms with Gasteiger partial charge in [-0.1, -0.05) is 0 Å². The van der Waals surface area contributed by atoms with Crippen molar-refractivity contribution in [1.82, 2.24) is 0 Å². The summed E-state index contributed by atoms with van der Waals surface area (Å²) in [6.07, 6.45) is 0. The minimum absolute atomic E-state index is 1.45. The van der Waals surface area contributed by atoms with E-state index in [1.54, 1.807) is 0 Å². The van der Waals surface area contributed by atoms with E-state index in [2.05, 4.69) is 5.73 Å². The van der Waals surface area contributed by atoms with Crippen molar-refractivity contribution < 1.29 is 19.5 Å². The van der Waals surface area contributed by atoms with Gasteiger partial charge in [0.2, 0.25) is 0 Å². The number of rotatable bonds is 1. The number of hydrogen-bond acceptors (Lipinski definition) is 4. The van der Waals surface area contributed by atoms with Crippen LogP contribution in [0.2, 0.25) is 0 Å². The monoisotopic (exact) mass is 127 g/mol. The molecule has 1 amide bonds. The summed E-state index contributed by atoms with van der Waals surface area (Å²) >= 11 is 0. The Hall–Kier alpha value is -0.220. The number of primary amides is 1. The normalized spacial score (nSPS) is 13.6. The zero-order chi connectivity index (χ0) is 6.08. The van der Waals surface area contributed by atoms with Crippen LogP contribution in [0.25, 0.3) is 0 Å². The van der Waals surface area contributed by atoms with Crippen molar-refractivity contribution in [3.05, 3.63) is 0 Å². The van der Waals surface area contributed by atoms with Gasteiger partial charge in [0.25, 0.3) is 0 Å². The van der Waals surface area contributed by atoms with E-state index in [9.17, 15) is 4.79 Å². The summed E-state index contributed by atoms with van der Waals surface area (Å²) in [5.74, 6) is 0. The molecule has 7 heavy (non-hydrogen) atoms. The zero-order valence-corrected chi connectivity index (χ0v) is 4.33. The van der Waals surface area contributed by atoms with Gasteiger partial charge < -0.3 is 0 Å². The first-order valence-corrected chi connectivity index (χ1v) is 3.26. The molecule has 5 N–H and O–H groups in total. The van der Waals surface area contributed by atoms with Gasteiger partial charge in [-0.15, -0.1) is 0 Å². The average Bonchev–Trinajstić information content (AvgIpc) is 1.31. The van der Waals surface area contributed by atoms with Gasteiger partial charge in [0.05, 0.1) is 0 Å². The van der Waals surface area contributed by atoms with Gasteiger partial charge in [0.15, 0.2) is 0 Å². The van der Waals surface area contributed by atoms with E-state index in [1.807, 2.05) is 0 Å². The predicted molar refractivity (Wildman–Crippen MR) is 24.6 cm³/mol. The molecule has 0 unspecified atom stereocenters. The van der Waals surface area contributed by atoms with Gasteiger partial charge in [0.1, 0.15) is 0 Å². The number of carbonyl (C=O) groups excluding carboxylic acids is 1. The molecule has 6 heteroatoms. The van der Waals surface area contributed by atoms with Crippen LogP contribution in [0.1, 0.15) is 0 Å². The van der Waals surface area contributed by atoms with Crippen molar-refractivity contribution in [2.75, 3.05) is 0 Å². The maximum absolute atomic E-state index is 9.55. The minimum atomic E-state index is -4.60. The summed E-state index contributed by atoms with van der Waals surface area (Å²) < 4.78 is 0. The molecule has 0 aromatic carbocycles. The van der Waals surface area contributed by atoms with Crippen molar-refractivity contribution in [2.24, 2.45) is 5.73 Å². The summed E-state index contributed by atoms with van der Waals surface area (Å²) in [4.78, 5) is 33.2. The molecule has 0 saturated carbocycles. The third kappa shape index (κ3) is 2.47. The third-order valence-corrected chi connectivity index (χ3v) is 0.992. The molecule has 0 bridgehead atoms. The molecule has 0 aromatic heterocycles. The van der Waals surface area contributed by atoms with Gasteiger partial charge in [0, 0.05) is 0 Å². The SMILES string of the molecule is NC(=O)[PH](O)(O)O. The molecule has 0 rings (SSSR count). The molecular formula is CH6NO4P. The molecule has 0 aliphatic carbocycles. The van der Waals surface area contributed by atoms with E-state index in [0.29, 0.717) is 0 Å². The first-order valence-electron chi connectivity index (χ1n) is 1.41. The Balaban J connectivity index is 3.79. The van der Waals surface area contributed by atoms with Crippen LogP contribution in [-0.2, 0) is 0 Å². The first kappa shape index (κ1) is 6.78. The quantitative estimate of drug-likeness (QED) is 0.323. The van der Waals surface area contributed by atoms with Gasteiger partial charge in [-0.2, -0.15) is 0 Å². The van der Waals surface area contributed by atoms with Crippen molar-refractivity contribution >= 4 is 13.6 Å². The van der Waals surface area contributed by atoms with E-state index in [1.165, 1.54) is 0 Å². The Morgan fingerprint density at radius 3 is 1.57 bits per heavy atom. The maximum atomic E-state index is 9.55. The second-order valence-corrected chi connectivity index (χ2v) is 2.76. The van der Waals surface area contributed by atoms with Gasteiger partial charge in [-0.05, 0) is 0 Å². The van der Waals surface area contributed by atoms with Crippen molar-refractivity contribution in [3.8, 4) is 0 Å². The van der Waals surface area contributed by atoms with E-state index in [-0.39, 0.29) is 0 Å². The van der Waals surface area contributed by atoms with Gasteiger partial charge in [-0.3, -0.25) is 0 Å². The molecule has 0 saturated heterocycles. The van der Waals surface area contributed by atoms with Crippen LogP contribution in [0.4, 0.5) is 4.79 Å². The van der Waals surface area contributed by atoms with Crippen LogP contribution in [-0.4, -0.2) is 20.3 Å². The van der Waals surface area contributed by atoms with E-state index < -0.39 is 13.6 Å². The standard InChI is InChI=1S/CH6NO4P/c2-1(3)7(4,5)6/h4-7H,(H2,2,3). The third-order valence-electron chi connectivity index (χ3n) is 0.331. The fraction of sp³-hybridized carbons (Fsp3) is 0. The first-order chi connectivity index (χ1) is 2.94. The van der Waals surface area contributed by atoms with Gasteiger partial charge in [-0.25, -0.2) is 0 Å². The molecule has 44 valence electrons. The zero-order valence-electron chi connectivity index (χ0n) is 3.33. The molecule has 0 aliphatic heterocycles. The Labute approximate surface area is 40.0 Å². The Morgan fingerprint density at radius 1 is 1.43 bits per heavy atom. The van der Waals surface area contributed by atoms with Crippen LogP contribution < -0.4 is 5.73 Å².